The van der Waals surface area contributed by atoms with Gasteiger partial charge in [0.05, 0.1) is 22.9 Å². The summed E-state index contributed by atoms with van der Waals surface area (Å²) in [6, 6.07) is 1.93. The van der Waals surface area contributed by atoms with Crippen LogP contribution in [0.25, 0.3) is 0 Å². The van der Waals surface area contributed by atoms with Gasteiger partial charge < -0.3 is 10.1 Å². The maximum Gasteiger partial charge on any atom is 0.426 e. The minimum absolute atomic E-state index is 0.134. The van der Waals surface area contributed by atoms with Crippen LogP contribution in [0.15, 0.2) is 18.2 Å². The second-order valence-electron chi connectivity index (χ2n) is 5.39. The van der Waals surface area contributed by atoms with E-state index in [1.807, 2.05) is 0 Å². The lowest BCUT2D eigenvalue weighted by Crippen LogP contribution is -2.50. The predicted octanol–water partition coefficient (Wildman–Crippen LogP) is 3.57. The van der Waals surface area contributed by atoms with Crippen molar-refractivity contribution in [2.75, 3.05) is 11.9 Å². The Bertz CT molecular complexity index is 624. The Morgan fingerprint density at radius 1 is 1.24 bits per heavy atom. The number of carbonyl (C=O) groups is 2. The SMILES string of the molecule is CCOC(=O)NNC(=O)[C@@H](Nc1ccc(C(F)(F)F)cc1Cl)C(C)C. The first kappa shape index (κ1) is 20.9. The quantitative estimate of drug-likeness (QED) is 0.681. The highest BCUT2D eigenvalue weighted by Crippen LogP contribution is 2.34. The molecule has 0 aromatic heterocycles. The van der Waals surface area contributed by atoms with Gasteiger partial charge in [-0.1, -0.05) is 25.4 Å². The first-order valence-electron chi connectivity index (χ1n) is 7.42. The second kappa shape index (κ2) is 8.80. The molecular formula is C15H19ClF3N3O3. The summed E-state index contributed by atoms with van der Waals surface area (Å²) < 4.78 is 42.6. The van der Waals surface area contributed by atoms with Crippen molar-refractivity contribution in [2.45, 2.75) is 33.0 Å². The smallest absolute Gasteiger partial charge is 0.426 e. The van der Waals surface area contributed by atoms with Crippen molar-refractivity contribution in [1.82, 2.24) is 10.9 Å². The summed E-state index contributed by atoms with van der Waals surface area (Å²) in [5.74, 6) is -0.846. The van der Waals surface area contributed by atoms with Crippen molar-refractivity contribution in [3.8, 4) is 0 Å². The average molecular weight is 382 g/mol. The minimum Gasteiger partial charge on any atom is -0.449 e. The maximum absolute atomic E-state index is 12.7. The average Bonchev–Trinajstić information content (AvgIpc) is 2.50. The van der Waals surface area contributed by atoms with Crippen LogP contribution in [0.2, 0.25) is 5.02 Å². The second-order valence-corrected chi connectivity index (χ2v) is 5.80. The standard InChI is InChI=1S/C15H19ClF3N3O3/c1-4-25-14(24)22-21-13(23)12(8(2)3)20-11-6-5-9(7-10(11)16)15(17,18)19/h5-8,12,20H,4H2,1-3H3,(H,21,23)(H,22,24)/t12-/m0/s1. The number of benzene rings is 1. The molecule has 140 valence electrons. The topological polar surface area (TPSA) is 79.5 Å². The van der Waals surface area contributed by atoms with Gasteiger partial charge in [0.1, 0.15) is 6.04 Å². The number of ether oxygens (including phenoxy) is 1. The zero-order valence-corrected chi connectivity index (χ0v) is 14.6. The minimum atomic E-state index is -4.51. The molecule has 0 radical (unpaired) electrons. The molecule has 10 heteroatoms. The first-order valence-corrected chi connectivity index (χ1v) is 7.80. The fourth-order valence-corrected chi connectivity index (χ4v) is 2.10. The van der Waals surface area contributed by atoms with E-state index in [0.29, 0.717) is 0 Å². The van der Waals surface area contributed by atoms with Crippen molar-refractivity contribution in [3.63, 3.8) is 0 Å². The molecule has 0 spiro atoms. The van der Waals surface area contributed by atoms with Crippen LogP contribution in [-0.2, 0) is 15.7 Å². The lowest BCUT2D eigenvalue weighted by Gasteiger charge is -2.23. The van der Waals surface area contributed by atoms with Gasteiger partial charge in [0.15, 0.2) is 0 Å². The Balaban J connectivity index is 2.84. The van der Waals surface area contributed by atoms with Crippen LogP contribution in [0, 0.1) is 5.92 Å². The van der Waals surface area contributed by atoms with Crippen LogP contribution in [0.1, 0.15) is 26.3 Å². The summed E-state index contributed by atoms with van der Waals surface area (Å²) >= 11 is 5.87. The van der Waals surface area contributed by atoms with E-state index < -0.39 is 29.8 Å². The van der Waals surface area contributed by atoms with E-state index in [1.165, 1.54) is 0 Å². The van der Waals surface area contributed by atoms with E-state index in [0.717, 1.165) is 18.2 Å². The third kappa shape index (κ3) is 6.33. The maximum atomic E-state index is 12.7. The fraction of sp³-hybridized carbons (Fsp3) is 0.467. The summed E-state index contributed by atoms with van der Waals surface area (Å²) in [5.41, 5.74) is 3.52. The van der Waals surface area contributed by atoms with Crippen LogP contribution in [-0.4, -0.2) is 24.6 Å². The number of rotatable bonds is 5. The summed E-state index contributed by atoms with van der Waals surface area (Å²) in [5, 5.41) is 2.60. The Hall–Kier alpha value is -2.16. The molecule has 0 unspecified atom stereocenters. The third-order valence-corrected chi connectivity index (χ3v) is 3.43. The lowest BCUT2D eigenvalue weighted by molar-refractivity contribution is -0.137. The van der Waals surface area contributed by atoms with Crippen molar-refractivity contribution >= 4 is 29.3 Å². The van der Waals surface area contributed by atoms with Crippen LogP contribution < -0.4 is 16.2 Å². The van der Waals surface area contributed by atoms with Crippen LogP contribution in [0.3, 0.4) is 0 Å². The number of carbonyl (C=O) groups excluding carboxylic acids is 2. The summed E-state index contributed by atoms with van der Waals surface area (Å²) in [6.45, 7) is 5.18. The molecule has 0 bridgehead atoms. The first-order chi connectivity index (χ1) is 11.6. The summed E-state index contributed by atoms with van der Waals surface area (Å²) in [6.07, 6.45) is -5.34. The number of hydrogen-bond donors (Lipinski definition) is 3. The largest absolute Gasteiger partial charge is 0.449 e. The highest BCUT2D eigenvalue weighted by molar-refractivity contribution is 6.33. The van der Waals surface area contributed by atoms with Gasteiger partial charge in [0, 0.05) is 0 Å². The van der Waals surface area contributed by atoms with Crippen LogP contribution >= 0.6 is 11.6 Å². The molecule has 0 heterocycles. The van der Waals surface area contributed by atoms with Gasteiger partial charge in [-0.15, -0.1) is 0 Å². The molecular weight excluding hydrogens is 363 g/mol. The molecule has 2 amide bonds. The van der Waals surface area contributed by atoms with Crippen molar-refractivity contribution in [2.24, 2.45) is 5.92 Å². The Morgan fingerprint density at radius 3 is 2.36 bits per heavy atom. The van der Waals surface area contributed by atoms with Gasteiger partial charge in [-0.25, -0.2) is 10.2 Å². The lowest BCUT2D eigenvalue weighted by atomic mass is 10.0. The predicted molar refractivity (Wildman–Crippen MR) is 87.0 cm³/mol. The number of halogens is 4. The molecule has 1 atom stereocenters. The number of anilines is 1. The Kier molecular flexibility index (Phi) is 7.35. The monoisotopic (exact) mass is 381 g/mol. The molecule has 0 aliphatic rings. The van der Waals surface area contributed by atoms with E-state index >= 15 is 0 Å². The number of amides is 2. The molecule has 0 aliphatic carbocycles. The molecule has 25 heavy (non-hydrogen) atoms. The van der Waals surface area contributed by atoms with E-state index in [2.05, 4.69) is 20.9 Å². The molecule has 0 saturated heterocycles. The van der Waals surface area contributed by atoms with Gasteiger partial charge in [0.2, 0.25) is 0 Å². The van der Waals surface area contributed by atoms with Gasteiger partial charge in [0.25, 0.3) is 5.91 Å². The molecule has 3 N–H and O–H groups in total. The molecule has 0 aliphatic heterocycles. The van der Waals surface area contributed by atoms with Crippen LogP contribution in [0.4, 0.5) is 23.7 Å². The highest BCUT2D eigenvalue weighted by Gasteiger charge is 2.31. The van der Waals surface area contributed by atoms with E-state index in [9.17, 15) is 22.8 Å². The number of hydrogen-bond acceptors (Lipinski definition) is 4. The summed E-state index contributed by atoms with van der Waals surface area (Å²) in [4.78, 5) is 23.4. The highest BCUT2D eigenvalue weighted by atomic mass is 35.5. The van der Waals surface area contributed by atoms with Gasteiger partial charge in [-0.2, -0.15) is 13.2 Å². The molecule has 1 aromatic carbocycles. The van der Waals surface area contributed by atoms with Crippen LogP contribution in [0.5, 0.6) is 0 Å². The van der Waals surface area contributed by atoms with E-state index in [4.69, 9.17) is 11.6 Å². The number of nitrogens with one attached hydrogen (secondary N) is 3. The van der Waals surface area contributed by atoms with E-state index in [-0.39, 0.29) is 23.2 Å². The summed E-state index contributed by atoms with van der Waals surface area (Å²) in [7, 11) is 0. The molecule has 0 saturated carbocycles. The van der Waals surface area contributed by atoms with Gasteiger partial charge in [-0.05, 0) is 31.0 Å². The number of alkyl halides is 3. The molecule has 1 rings (SSSR count). The Morgan fingerprint density at radius 2 is 1.88 bits per heavy atom. The molecule has 6 nitrogen and oxygen atoms in total. The molecule has 1 aromatic rings. The Labute approximate surface area is 148 Å². The van der Waals surface area contributed by atoms with E-state index in [1.54, 1.807) is 20.8 Å². The third-order valence-electron chi connectivity index (χ3n) is 3.12. The number of hydrazine groups is 1. The van der Waals surface area contributed by atoms with Crippen molar-refractivity contribution in [3.05, 3.63) is 28.8 Å². The van der Waals surface area contributed by atoms with Gasteiger partial charge >= 0.3 is 12.3 Å². The molecule has 0 fully saturated rings. The van der Waals surface area contributed by atoms with Gasteiger partial charge in [-0.3, -0.25) is 10.2 Å². The fourth-order valence-electron chi connectivity index (χ4n) is 1.87. The van der Waals surface area contributed by atoms with Crippen molar-refractivity contribution in [1.29, 1.82) is 0 Å². The zero-order chi connectivity index (χ0) is 19.2. The normalized spacial score (nSPS) is 12.5. The zero-order valence-electron chi connectivity index (χ0n) is 13.8. The van der Waals surface area contributed by atoms with Crippen molar-refractivity contribution < 1.29 is 27.5 Å².